The lowest BCUT2D eigenvalue weighted by molar-refractivity contribution is 0.306. The third-order valence-corrected chi connectivity index (χ3v) is 3.24. The molecule has 1 aromatic carbocycles. The third-order valence-electron chi connectivity index (χ3n) is 2.39. The van der Waals surface area contributed by atoms with Crippen LogP contribution in [0.25, 0.3) is 0 Å². The molecule has 0 spiro atoms. The maximum atomic E-state index is 13.1. The van der Waals surface area contributed by atoms with Gasteiger partial charge in [0.25, 0.3) is 0 Å². The molecule has 90 valence electrons. The lowest BCUT2D eigenvalue weighted by Gasteiger charge is -2.10. The maximum absolute atomic E-state index is 13.1. The van der Waals surface area contributed by atoms with E-state index in [4.69, 9.17) is 10.5 Å². The number of hydrogen-bond donors (Lipinski definition) is 1. The van der Waals surface area contributed by atoms with E-state index in [0.717, 1.165) is 10.4 Å². The predicted octanol–water partition coefficient (Wildman–Crippen LogP) is 2.97. The molecule has 0 amide bonds. The van der Waals surface area contributed by atoms with E-state index in [2.05, 4.69) is 0 Å². The van der Waals surface area contributed by atoms with Gasteiger partial charge in [-0.3, -0.25) is 0 Å². The van der Waals surface area contributed by atoms with E-state index in [1.165, 1.54) is 12.1 Å². The lowest BCUT2D eigenvalue weighted by Crippen LogP contribution is -2.05. The monoisotopic (exact) mass is 251 g/mol. The molecule has 0 atom stereocenters. The van der Waals surface area contributed by atoms with Crippen molar-refractivity contribution in [2.75, 3.05) is 6.54 Å². The molecule has 0 aliphatic heterocycles. The van der Waals surface area contributed by atoms with Crippen LogP contribution >= 0.6 is 11.3 Å². The first-order valence-corrected chi connectivity index (χ1v) is 6.31. The number of nitrogens with two attached hydrogens (primary N) is 1. The summed E-state index contributed by atoms with van der Waals surface area (Å²) in [4.78, 5) is 1.15. The van der Waals surface area contributed by atoms with Gasteiger partial charge in [-0.15, -0.1) is 11.3 Å². The van der Waals surface area contributed by atoms with Gasteiger partial charge in [0.2, 0.25) is 0 Å². The zero-order chi connectivity index (χ0) is 12.1. The molecule has 2 nitrogen and oxygen atoms in total. The first-order chi connectivity index (χ1) is 8.29. The van der Waals surface area contributed by atoms with Gasteiger partial charge in [0.05, 0.1) is 0 Å². The second-order valence-corrected chi connectivity index (χ2v) is 4.69. The second-order valence-electron chi connectivity index (χ2n) is 3.66. The van der Waals surface area contributed by atoms with Gasteiger partial charge < -0.3 is 10.5 Å². The van der Waals surface area contributed by atoms with E-state index < -0.39 is 0 Å². The highest BCUT2D eigenvalue weighted by molar-refractivity contribution is 7.09. The first kappa shape index (κ1) is 12.1. The van der Waals surface area contributed by atoms with Gasteiger partial charge in [-0.25, -0.2) is 4.39 Å². The summed E-state index contributed by atoms with van der Waals surface area (Å²) in [6, 6.07) is 8.54. The third kappa shape index (κ3) is 3.28. The SMILES string of the molecule is NCCc1cc(F)ccc1OCc1cccs1. The summed E-state index contributed by atoms with van der Waals surface area (Å²) in [5, 5.41) is 2.00. The molecule has 0 bridgehead atoms. The van der Waals surface area contributed by atoms with E-state index in [1.54, 1.807) is 17.4 Å². The van der Waals surface area contributed by atoms with Crippen molar-refractivity contribution in [3.8, 4) is 5.75 Å². The van der Waals surface area contributed by atoms with Crippen molar-refractivity contribution in [3.63, 3.8) is 0 Å². The quantitative estimate of drug-likeness (QED) is 0.886. The highest BCUT2D eigenvalue weighted by Gasteiger charge is 2.05. The Morgan fingerprint density at radius 1 is 1.29 bits per heavy atom. The van der Waals surface area contributed by atoms with Crippen molar-refractivity contribution in [3.05, 3.63) is 52.0 Å². The fourth-order valence-electron chi connectivity index (χ4n) is 1.58. The summed E-state index contributed by atoms with van der Waals surface area (Å²) in [5.41, 5.74) is 6.32. The van der Waals surface area contributed by atoms with E-state index in [1.807, 2.05) is 17.5 Å². The van der Waals surface area contributed by atoms with Crippen molar-refractivity contribution in [2.24, 2.45) is 5.73 Å². The molecule has 0 aliphatic rings. The Labute approximate surface area is 104 Å². The van der Waals surface area contributed by atoms with Crippen LogP contribution in [0.3, 0.4) is 0 Å². The van der Waals surface area contributed by atoms with Gasteiger partial charge >= 0.3 is 0 Å². The number of thiophene rings is 1. The number of benzene rings is 1. The molecule has 0 fully saturated rings. The fraction of sp³-hybridized carbons (Fsp3) is 0.231. The Bertz CT molecular complexity index is 470. The van der Waals surface area contributed by atoms with E-state index in [0.29, 0.717) is 25.3 Å². The molecule has 2 N–H and O–H groups in total. The standard InChI is InChI=1S/C13H14FNOS/c14-11-3-4-13(10(8-11)5-6-15)16-9-12-2-1-7-17-12/h1-4,7-8H,5-6,9,15H2. The van der Waals surface area contributed by atoms with Crippen LogP contribution in [0.2, 0.25) is 0 Å². The van der Waals surface area contributed by atoms with Gasteiger partial charge in [0.1, 0.15) is 18.2 Å². The minimum atomic E-state index is -0.253. The second kappa shape index (κ2) is 5.80. The van der Waals surface area contributed by atoms with E-state index in [-0.39, 0.29) is 5.82 Å². The summed E-state index contributed by atoms with van der Waals surface area (Å²) in [5.74, 6) is 0.460. The molecular formula is C13H14FNOS. The Morgan fingerprint density at radius 3 is 2.88 bits per heavy atom. The van der Waals surface area contributed by atoms with E-state index >= 15 is 0 Å². The highest BCUT2D eigenvalue weighted by atomic mass is 32.1. The number of ether oxygens (including phenoxy) is 1. The smallest absolute Gasteiger partial charge is 0.123 e. The Morgan fingerprint density at radius 2 is 2.18 bits per heavy atom. The molecule has 1 heterocycles. The molecule has 0 unspecified atom stereocenters. The minimum absolute atomic E-state index is 0.253. The molecule has 0 radical (unpaired) electrons. The molecule has 0 saturated carbocycles. The zero-order valence-electron chi connectivity index (χ0n) is 9.36. The summed E-state index contributed by atoms with van der Waals surface area (Å²) in [6.45, 7) is 1.000. The normalized spacial score (nSPS) is 10.5. The topological polar surface area (TPSA) is 35.2 Å². The van der Waals surface area contributed by atoms with Crippen LogP contribution in [0.15, 0.2) is 35.7 Å². The van der Waals surface area contributed by atoms with Crippen LogP contribution < -0.4 is 10.5 Å². The molecule has 0 saturated heterocycles. The minimum Gasteiger partial charge on any atom is -0.488 e. The number of hydrogen-bond acceptors (Lipinski definition) is 3. The Kier molecular flexibility index (Phi) is 4.12. The molecule has 0 aliphatic carbocycles. The van der Waals surface area contributed by atoms with Crippen molar-refractivity contribution in [2.45, 2.75) is 13.0 Å². The van der Waals surface area contributed by atoms with Crippen LogP contribution in [0, 0.1) is 5.82 Å². The van der Waals surface area contributed by atoms with Crippen molar-refractivity contribution in [1.29, 1.82) is 0 Å². The molecule has 1 aromatic heterocycles. The Hall–Kier alpha value is -1.39. The van der Waals surface area contributed by atoms with Crippen LogP contribution in [0.4, 0.5) is 4.39 Å². The zero-order valence-corrected chi connectivity index (χ0v) is 10.2. The van der Waals surface area contributed by atoms with Crippen LogP contribution in [0.1, 0.15) is 10.4 Å². The highest BCUT2D eigenvalue weighted by Crippen LogP contribution is 2.22. The number of halogens is 1. The van der Waals surface area contributed by atoms with Crippen molar-refractivity contribution < 1.29 is 9.13 Å². The molecule has 17 heavy (non-hydrogen) atoms. The molecule has 2 aromatic rings. The van der Waals surface area contributed by atoms with Crippen LogP contribution in [0.5, 0.6) is 5.75 Å². The first-order valence-electron chi connectivity index (χ1n) is 5.43. The van der Waals surface area contributed by atoms with Gasteiger partial charge in [-0.2, -0.15) is 0 Å². The number of rotatable bonds is 5. The van der Waals surface area contributed by atoms with E-state index in [9.17, 15) is 4.39 Å². The van der Waals surface area contributed by atoms with Gasteiger partial charge in [0.15, 0.2) is 0 Å². The summed E-state index contributed by atoms with van der Waals surface area (Å²) >= 11 is 1.64. The fourth-order valence-corrected chi connectivity index (χ4v) is 2.20. The average molecular weight is 251 g/mol. The summed E-state index contributed by atoms with van der Waals surface area (Å²) in [7, 11) is 0. The van der Waals surface area contributed by atoms with Gasteiger partial charge in [-0.05, 0) is 48.2 Å². The van der Waals surface area contributed by atoms with Gasteiger partial charge in [-0.1, -0.05) is 6.07 Å². The van der Waals surface area contributed by atoms with Crippen LogP contribution in [-0.4, -0.2) is 6.54 Å². The largest absolute Gasteiger partial charge is 0.488 e. The molecular weight excluding hydrogens is 237 g/mol. The van der Waals surface area contributed by atoms with Gasteiger partial charge in [0, 0.05) is 4.88 Å². The van der Waals surface area contributed by atoms with Crippen molar-refractivity contribution in [1.82, 2.24) is 0 Å². The lowest BCUT2D eigenvalue weighted by atomic mass is 10.1. The summed E-state index contributed by atoms with van der Waals surface area (Å²) in [6.07, 6.45) is 0.623. The summed E-state index contributed by atoms with van der Waals surface area (Å²) < 4.78 is 18.8. The molecule has 2 rings (SSSR count). The molecule has 4 heteroatoms. The average Bonchev–Trinajstić information content (AvgIpc) is 2.81. The Balaban J connectivity index is 2.08. The van der Waals surface area contributed by atoms with Crippen molar-refractivity contribution >= 4 is 11.3 Å². The van der Waals surface area contributed by atoms with Crippen LogP contribution in [-0.2, 0) is 13.0 Å². The predicted molar refractivity (Wildman–Crippen MR) is 67.8 cm³/mol. The maximum Gasteiger partial charge on any atom is 0.123 e.